The number of aliphatic hydroxyl groups excluding tert-OH is 3. The van der Waals surface area contributed by atoms with Gasteiger partial charge in [0.15, 0.2) is 0 Å². The molecule has 13 heavy (non-hydrogen) atoms. The van der Waals surface area contributed by atoms with Crippen LogP contribution in [-0.4, -0.2) is 46.2 Å². The summed E-state index contributed by atoms with van der Waals surface area (Å²) in [6.07, 6.45) is 1.21. The molecule has 4 atom stereocenters. The van der Waals surface area contributed by atoms with Gasteiger partial charge in [0.2, 0.25) is 0 Å². The Labute approximate surface area is 77.9 Å². The van der Waals surface area contributed by atoms with Crippen LogP contribution in [0, 0.1) is 0 Å². The maximum atomic E-state index is 9.51. The summed E-state index contributed by atoms with van der Waals surface area (Å²) < 4.78 is 0. The third-order valence-corrected chi connectivity index (χ3v) is 2.21. The predicted octanol–water partition coefficient (Wildman–Crippen LogP) is -0.993. The van der Waals surface area contributed by atoms with Crippen molar-refractivity contribution >= 4 is 0 Å². The Hall–Kier alpha value is -0.420. The number of hydrogen-bond acceptors (Lipinski definition) is 4. The molecule has 1 aliphatic carbocycles. The van der Waals surface area contributed by atoms with Crippen molar-refractivity contribution < 1.29 is 15.3 Å². The quantitative estimate of drug-likeness (QED) is 0.428. The van der Waals surface area contributed by atoms with Crippen LogP contribution >= 0.6 is 0 Å². The Balaban J connectivity index is 2.51. The topological polar surface area (TPSA) is 72.7 Å². The predicted molar refractivity (Wildman–Crippen MR) is 49.2 cm³/mol. The van der Waals surface area contributed by atoms with Crippen molar-refractivity contribution in [3.05, 3.63) is 12.2 Å². The summed E-state index contributed by atoms with van der Waals surface area (Å²) in [4.78, 5) is 0. The average Bonchev–Trinajstić information content (AvgIpc) is 2.13. The monoisotopic (exact) mass is 187 g/mol. The Morgan fingerprint density at radius 1 is 1.15 bits per heavy atom. The molecule has 0 amide bonds. The highest BCUT2D eigenvalue weighted by molar-refractivity contribution is 5.10. The molecule has 0 fully saturated rings. The van der Waals surface area contributed by atoms with Crippen molar-refractivity contribution in [1.29, 1.82) is 0 Å². The van der Waals surface area contributed by atoms with E-state index in [-0.39, 0.29) is 6.04 Å². The first-order valence-corrected chi connectivity index (χ1v) is 4.62. The van der Waals surface area contributed by atoms with Crippen molar-refractivity contribution in [3.63, 3.8) is 0 Å². The van der Waals surface area contributed by atoms with E-state index in [2.05, 4.69) is 5.32 Å². The molecule has 4 nitrogen and oxygen atoms in total. The fourth-order valence-corrected chi connectivity index (χ4v) is 1.38. The summed E-state index contributed by atoms with van der Waals surface area (Å²) in [7, 11) is 0. The smallest absolute Gasteiger partial charge is 0.111 e. The molecule has 0 aromatic heterocycles. The van der Waals surface area contributed by atoms with Crippen molar-refractivity contribution in [1.82, 2.24) is 5.32 Å². The number of nitrogens with one attached hydrogen (secondary N) is 1. The Bertz CT molecular complexity index is 184. The molecule has 0 spiro atoms. The molecule has 1 aliphatic rings. The van der Waals surface area contributed by atoms with Gasteiger partial charge >= 0.3 is 0 Å². The first kappa shape index (κ1) is 10.7. The Kier molecular flexibility index (Phi) is 3.87. The summed E-state index contributed by atoms with van der Waals surface area (Å²) in [5.74, 6) is 0. The number of rotatable bonds is 3. The van der Waals surface area contributed by atoms with Gasteiger partial charge in [0, 0.05) is 0 Å². The SMILES string of the molecule is CCCNC1C=CC(O)C(O)C1O. The summed E-state index contributed by atoms with van der Waals surface area (Å²) in [5.41, 5.74) is 0. The van der Waals surface area contributed by atoms with Crippen LogP contribution < -0.4 is 5.32 Å². The number of hydrogen-bond donors (Lipinski definition) is 4. The van der Waals surface area contributed by atoms with Crippen molar-refractivity contribution in [2.24, 2.45) is 0 Å². The number of aliphatic hydroxyl groups is 3. The standard InChI is InChI=1S/C9H17NO3/c1-2-5-10-6-3-4-7(11)9(13)8(6)12/h3-4,6-13H,2,5H2,1H3. The Morgan fingerprint density at radius 2 is 1.85 bits per heavy atom. The van der Waals surface area contributed by atoms with Gasteiger partial charge in [-0.25, -0.2) is 0 Å². The third kappa shape index (κ3) is 2.51. The van der Waals surface area contributed by atoms with Gasteiger partial charge in [0.05, 0.1) is 6.04 Å². The second kappa shape index (κ2) is 4.72. The van der Waals surface area contributed by atoms with Crippen molar-refractivity contribution in [2.45, 2.75) is 37.7 Å². The van der Waals surface area contributed by atoms with Gasteiger partial charge < -0.3 is 20.6 Å². The Morgan fingerprint density at radius 3 is 2.46 bits per heavy atom. The lowest BCUT2D eigenvalue weighted by atomic mass is 9.94. The van der Waals surface area contributed by atoms with E-state index in [1.807, 2.05) is 6.92 Å². The lowest BCUT2D eigenvalue weighted by Gasteiger charge is -2.31. The van der Waals surface area contributed by atoms with Crippen LogP contribution in [0.2, 0.25) is 0 Å². The maximum absolute atomic E-state index is 9.51. The lowest BCUT2D eigenvalue weighted by molar-refractivity contribution is -0.0564. The van der Waals surface area contributed by atoms with E-state index in [0.717, 1.165) is 13.0 Å². The van der Waals surface area contributed by atoms with Crippen LogP contribution in [0.1, 0.15) is 13.3 Å². The largest absolute Gasteiger partial charge is 0.388 e. The molecule has 0 aromatic rings. The summed E-state index contributed by atoms with van der Waals surface area (Å²) >= 11 is 0. The lowest BCUT2D eigenvalue weighted by Crippen LogP contribution is -2.52. The molecule has 76 valence electrons. The minimum absolute atomic E-state index is 0.252. The average molecular weight is 187 g/mol. The molecule has 1 rings (SSSR count). The van der Waals surface area contributed by atoms with Gasteiger partial charge in [-0.3, -0.25) is 0 Å². The van der Waals surface area contributed by atoms with Crippen LogP contribution in [0.25, 0.3) is 0 Å². The molecule has 0 radical (unpaired) electrons. The van der Waals surface area contributed by atoms with Crippen LogP contribution in [0.3, 0.4) is 0 Å². The minimum atomic E-state index is -1.08. The molecule has 4 N–H and O–H groups in total. The van der Waals surface area contributed by atoms with Gasteiger partial charge in [-0.15, -0.1) is 0 Å². The summed E-state index contributed by atoms with van der Waals surface area (Å²) in [6.45, 7) is 2.81. The molecule has 0 saturated heterocycles. The minimum Gasteiger partial charge on any atom is -0.388 e. The maximum Gasteiger partial charge on any atom is 0.111 e. The third-order valence-electron chi connectivity index (χ3n) is 2.21. The molecule has 0 saturated carbocycles. The molecule has 0 bridgehead atoms. The van der Waals surface area contributed by atoms with Crippen LogP contribution in [0.15, 0.2) is 12.2 Å². The molecular formula is C9H17NO3. The molecule has 0 aromatic carbocycles. The van der Waals surface area contributed by atoms with Gasteiger partial charge in [0.25, 0.3) is 0 Å². The zero-order valence-corrected chi connectivity index (χ0v) is 7.72. The van der Waals surface area contributed by atoms with E-state index in [1.165, 1.54) is 6.08 Å². The van der Waals surface area contributed by atoms with Gasteiger partial charge in [-0.2, -0.15) is 0 Å². The van der Waals surface area contributed by atoms with Gasteiger partial charge in [-0.1, -0.05) is 19.1 Å². The zero-order valence-electron chi connectivity index (χ0n) is 7.72. The van der Waals surface area contributed by atoms with Crippen molar-refractivity contribution in [3.8, 4) is 0 Å². The highest BCUT2D eigenvalue weighted by Crippen LogP contribution is 2.13. The van der Waals surface area contributed by atoms with E-state index in [4.69, 9.17) is 5.11 Å². The van der Waals surface area contributed by atoms with E-state index in [1.54, 1.807) is 6.08 Å². The molecule has 4 unspecified atom stereocenters. The van der Waals surface area contributed by atoms with Crippen LogP contribution in [-0.2, 0) is 0 Å². The zero-order chi connectivity index (χ0) is 9.84. The van der Waals surface area contributed by atoms with Gasteiger partial charge in [0.1, 0.15) is 18.3 Å². The van der Waals surface area contributed by atoms with E-state index >= 15 is 0 Å². The summed E-state index contributed by atoms with van der Waals surface area (Å²) in [6, 6.07) is -0.252. The summed E-state index contributed by atoms with van der Waals surface area (Å²) in [5, 5.41) is 31.1. The highest BCUT2D eigenvalue weighted by atomic mass is 16.4. The molecule has 4 heteroatoms. The molecule has 0 aliphatic heterocycles. The van der Waals surface area contributed by atoms with Gasteiger partial charge in [-0.05, 0) is 13.0 Å². The second-order valence-corrected chi connectivity index (χ2v) is 3.34. The first-order chi connectivity index (χ1) is 6.16. The fraction of sp³-hybridized carbons (Fsp3) is 0.778. The normalized spacial score (nSPS) is 39.4. The van der Waals surface area contributed by atoms with E-state index in [9.17, 15) is 10.2 Å². The molecule has 0 heterocycles. The van der Waals surface area contributed by atoms with E-state index in [0.29, 0.717) is 0 Å². The highest BCUT2D eigenvalue weighted by Gasteiger charge is 2.32. The second-order valence-electron chi connectivity index (χ2n) is 3.34. The van der Waals surface area contributed by atoms with Crippen LogP contribution in [0.4, 0.5) is 0 Å². The molecular weight excluding hydrogens is 170 g/mol. The first-order valence-electron chi connectivity index (χ1n) is 4.62. The van der Waals surface area contributed by atoms with Crippen molar-refractivity contribution in [2.75, 3.05) is 6.54 Å². The van der Waals surface area contributed by atoms with E-state index < -0.39 is 18.3 Å². The van der Waals surface area contributed by atoms with Crippen LogP contribution in [0.5, 0.6) is 0 Å². The fourth-order valence-electron chi connectivity index (χ4n) is 1.38.